The van der Waals surface area contributed by atoms with E-state index in [1.54, 1.807) is 19.1 Å². The van der Waals surface area contributed by atoms with Crippen LogP contribution in [0.15, 0.2) is 36.4 Å². The van der Waals surface area contributed by atoms with E-state index in [4.69, 9.17) is 0 Å². The molecule has 0 aliphatic heterocycles. The Hall–Kier alpha value is -2.29. The van der Waals surface area contributed by atoms with Gasteiger partial charge in [0, 0.05) is 11.3 Å². The highest BCUT2D eigenvalue weighted by molar-refractivity contribution is 6.04. The summed E-state index contributed by atoms with van der Waals surface area (Å²) in [6.07, 6.45) is 0. The van der Waals surface area contributed by atoms with Gasteiger partial charge in [0.15, 0.2) is 0 Å². The van der Waals surface area contributed by atoms with Gasteiger partial charge < -0.3 is 10.4 Å². The van der Waals surface area contributed by atoms with Crippen molar-refractivity contribution < 1.29 is 9.90 Å². The summed E-state index contributed by atoms with van der Waals surface area (Å²) < 4.78 is 0. The van der Waals surface area contributed by atoms with Crippen LogP contribution in [0.2, 0.25) is 0 Å². The fourth-order valence-electron chi connectivity index (χ4n) is 1.77. The summed E-state index contributed by atoms with van der Waals surface area (Å²) in [5.74, 6) is -0.0914. The summed E-state index contributed by atoms with van der Waals surface area (Å²) in [6, 6.07) is 10.7. The molecule has 1 amide bonds. The van der Waals surface area contributed by atoms with Gasteiger partial charge in [-0.3, -0.25) is 4.79 Å². The van der Waals surface area contributed by atoms with Gasteiger partial charge in [-0.1, -0.05) is 12.1 Å². The van der Waals surface area contributed by atoms with Crippen LogP contribution in [-0.2, 0) is 0 Å². The van der Waals surface area contributed by atoms with E-state index < -0.39 is 0 Å². The lowest BCUT2D eigenvalue weighted by molar-refractivity contribution is 0.102. The third kappa shape index (κ3) is 2.94. The molecule has 0 unspecified atom stereocenters. The minimum absolute atomic E-state index is 0.132. The Bertz CT molecular complexity index is 633. The van der Waals surface area contributed by atoms with Crippen LogP contribution in [-0.4, -0.2) is 11.0 Å². The molecule has 0 saturated heterocycles. The quantitative estimate of drug-likeness (QED) is 0.861. The van der Waals surface area contributed by atoms with Crippen molar-refractivity contribution in [1.82, 2.24) is 0 Å². The number of hydrogen-bond acceptors (Lipinski definition) is 2. The Balaban J connectivity index is 2.20. The van der Waals surface area contributed by atoms with Gasteiger partial charge in [-0.05, 0) is 61.7 Å². The van der Waals surface area contributed by atoms with Gasteiger partial charge in [-0.15, -0.1) is 0 Å². The number of carbonyl (C=O) groups is 1. The molecule has 0 bridgehead atoms. The number of phenolic OH excluding ortho intramolecular Hbond substituents is 1. The number of phenols is 1. The molecule has 0 saturated carbocycles. The normalized spacial score (nSPS) is 10.3. The summed E-state index contributed by atoms with van der Waals surface area (Å²) in [4.78, 5) is 12.1. The molecule has 0 aliphatic rings. The van der Waals surface area contributed by atoms with Crippen molar-refractivity contribution in [3.8, 4) is 5.75 Å². The smallest absolute Gasteiger partial charge is 0.255 e. The van der Waals surface area contributed by atoms with Gasteiger partial charge in [0.25, 0.3) is 5.91 Å². The maximum Gasteiger partial charge on any atom is 0.255 e. The Morgan fingerprint density at radius 2 is 1.63 bits per heavy atom. The minimum atomic E-state index is -0.224. The first-order valence-electron chi connectivity index (χ1n) is 6.15. The maximum absolute atomic E-state index is 12.1. The van der Waals surface area contributed by atoms with Crippen molar-refractivity contribution in [2.75, 3.05) is 5.32 Å². The molecule has 0 aromatic heterocycles. The number of amides is 1. The van der Waals surface area contributed by atoms with E-state index >= 15 is 0 Å². The van der Waals surface area contributed by atoms with Crippen molar-refractivity contribution in [3.05, 3.63) is 58.7 Å². The van der Waals surface area contributed by atoms with Crippen LogP contribution in [0, 0.1) is 20.8 Å². The van der Waals surface area contributed by atoms with E-state index in [0.29, 0.717) is 5.56 Å². The average molecular weight is 255 g/mol. The molecule has 0 heterocycles. The highest BCUT2D eigenvalue weighted by atomic mass is 16.3. The van der Waals surface area contributed by atoms with Gasteiger partial charge in [-0.25, -0.2) is 0 Å². The molecule has 98 valence electrons. The van der Waals surface area contributed by atoms with E-state index in [-0.39, 0.29) is 11.7 Å². The van der Waals surface area contributed by atoms with Crippen molar-refractivity contribution in [2.45, 2.75) is 20.8 Å². The van der Waals surface area contributed by atoms with E-state index in [2.05, 4.69) is 5.32 Å². The molecule has 2 rings (SSSR count). The zero-order valence-electron chi connectivity index (χ0n) is 11.3. The molecule has 0 fully saturated rings. The molecule has 0 spiro atoms. The van der Waals surface area contributed by atoms with Crippen LogP contribution >= 0.6 is 0 Å². The first kappa shape index (κ1) is 13.1. The van der Waals surface area contributed by atoms with Crippen molar-refractivity contribution in [3.63, 3.8) is 0 Å². The number of carbonyl (C=O) groups excluding carboxylic acids is 1. The minimum Gasteiger partial charge on any atom is -0.508 e. The number of aryl methyl sites for hydroxylation is 3. The van der Waals surface area contributed by atoms with Crippen molar-refractivity contribution in [1.29, 1.82) is 0 Å². The highest BCUT2D eigenvalue weighted by Crippen LogP contribution is 2.19. The standard InChI is InChI=1S/C16H17NO2/c1-10-5-7-14(8-12(10)3)17-16(19)13-6-4-11(2)15(18)9-13/h4-9,18H,1-3H3,(H,17,19). The maximum atomic E-state index is 12.1. The lowest BCUT2D eigenvalue weighted by atomic mass is 10.1. The zero-order chi connectivity index (χ0) is 14.0. The predicted molar refractivity (Wildman–Crippen MR) is 76.7 cm³/mol. The molecule has 0 aliphatic carbocycles. The third-order valence-electron chi connectivity index (χ3n) is 3.24. The van der Waals surface area contributed by atoms with Gasteiger partial charge in [0.05, 0.1) is 0 Å². The number of aromatic hydroxyl groups is 1. The second-order valence-corrected chi connectivity index (χ2v) is 4.75. The zero-order valence-corrected chi connectivity index (χ0v) is 11.3. The number of rotatable bonds is 2. The topological polar surface area (TPSA) is 49.3 Å². The molecule has 19 heavy (non-hydrogen) atoms. The van der Waals surface area contributed by atoms with E-state index in [0.717, 1.165) is 16.8 Å². The number of hydrogen-bond donors (Lipinski definition) is 2. The first-order chi connectivity index (χ1) is 8.97. The number of anilines is 1. The molecule has 3 nitrogen and oxygen atoms in total. The van der Waals surface area contributed by atoms with Crippen molar-refractivity contribution in [2.24, 2.45) is 0 Å². The fourth-order valence-corrected chi connectivity index (χ4v) is 1.77. The van der Waals surface area contributed by atoms with Gasteiger partial charge in [-0.2, -0.15) is 0 Å². The summed E-state index contributed by atoms with van der Waals surface area (Å²) in [5.41, 5.74) is 4.27. The van der Waals surface area contributed by atoms with E-state index in [1.165, 1.54) is 11.6 Å². The fraction of sp³-hybridized carbons (Fsp3) is 0.188. The Morgan fingerprint density at radius 1 is 0.947 bits per heavy atom. The third-order valence-corrected chi connectivity index (χ3v) is 3.24. The predicted octanol–water partition coefficient (Wildman–Crippen LogP) is 3.57. The summed E-state index contributed by atoms with van der Waals surface area (Å²) in [7, 11) is 0. The molecule has 0 atom stereocenters. The molecule has 2 N–H and O–H groups in total. The van der Waals surface area contributed by atoms with Crippen LogP contribution in [0.3, 0.4) is 0 Å². The first-order valence-corrected chi connectivity index (χ1v) is 6.15. The van der Waals surface area contributed by atoms with Gasteiger partial charge in [0.1, 0.15) is 5.75 Å². The molecular formula is C16H17NO2. The molecule has 2 aromatic carbocycles. The Morgan fingerprint density at radius 3 is 2.26 bits per heavy atom. The van der Waals surface area contributed by atoms with Crippen molar-refractivity contribution >= 4 is 11.6 Å². The van der Waals surface area contributed by atoms with Crippen LogP contribution in [0.4, 0.5) is 5.69 Å². The Labute approximate surface area is 112 Å². The Kier molecular flexibility index (Phi) is 3.56. The lowest BCUT2D eigenvalue weighted by Gasteiger charge is -2.08. The van der Waals surface area contributed by atoms with Crippen LogP contribution in [0.1, 0.15) is 27.0 Å². The molecule has 2 aromatic rings. The van der Waals surface area contributed by atoms with Crippen LogP contribution in [0.5, 0.6) is 5.75 Å². The monoisotopic (exact) mass is 255 g/mol. The average Bonchev–Trinajstić information content (AvgIpc) is 2.37. The SMILES string of the molecule is Cc1ccc(NC(=O)c2ccc(C)c(O)c2)cc1C. The van der Waals surface area contributed by atoms with Gasteiger partial charge in [0.2, 0.25) is 0 Å². The number of nitrogens with one attached hydrogen (secondary N) is 1. The van der Waals surface area contributed by atoms with E-state index in [1.807, 2.05) is 32.0 Å². The van der Waals surface area contributed by atoms with Gasteiger partial charge >= 0.3 is 0 Å². The van der Waals surface area contributed by atoms with Crippen LogP contribution < -0.4 is 5.32 Å². The number of benzene rings is 2. The second-order valence-electron chi connectivity index (χ2n) is 4.75. The molecular weight excluding hydrogens is 238 g/mol. The molecule has 0 radical (unpaired) electrons. The largest absolute Gasteiger partial charge is 0.508 e. The van der Waals surface area contributed by atoms with Crippen LogP contribution in [0.25, 0.3) is 0 Å². The summed E-state index contributed by atoms with van der Waals surface area (Å²) >= 11 is 0. The second kappa shape index (κ2) is 5.14. The highest BCUT2D eigenvalue weighted by Gasteiger charge is 2.08. The lowest BCUT2D eigenvalue weighted by Crippen LogP contribution is -2.12. The molecule has 3 heteroatoms. The summed E-state index contributed by atoms with van der Waals surface area (Å²) in [6.45, 7) is 5.82. The van der Waals surface area contributed by atoms with E-state index in [9.17, 15) is 9.90 Å². The summed E-state index contributed by atoms with van der Waals surface area (Å²) in [5, 5.41) is 12.4.